The van der Waals surface area contributed by atoms with Crippen molar-refractivity contribution in [2.45, 2.75) is 32.4 Å². The Bertz CT molecular complexity index is 705. The number of ether oxygens (including phenoxy) is 1. The number of rotatable bonds is 7. The van der Waals surface area contributed by atoms with Gasteiger partial charge in [0.1, 0.15) is 12.4 Å². The molecule has 1 fully saturated rings. The van der Waals surface area contributed by atoms with Crippen LogP contribution < -0.4 is 15.4 Å². The maximum absolute atomic E-state index is 12.3. The number of likely N-dealkylation sites (tertiary alicyclic amines) is 1. The maximum atomic E-state index is 12.3. The Morgan fingerprint density at radius 1 is 1.15 bits per heavy atom. The molecule has 1 unspecified atom stereocenters. The molecule has 0 bridgehead atoms. The highest BCUT2D eigenvalue weighted by Gasteiger charge is 2.23. The Hall–Kier alpha value is -2.53. The highest BCUT2D eigenvalue weighted by atomic mass is 16.5. The summed E-state index contributed by atoms with van der Waals surface area (Å²) in [4.78, 5) is 14.7. The fourth-order valence-corrected chi connectivity index (χ4v) is 3.35. The molecule has 1 aliphatic rings. The first-order chi connectivity index (χ1) is 12.8. The summed E-state index contributed by atoms with van der Waals surface area (Å²) in [6.07, 6.45) is 2.35. The molecule has 0 aliphatic carbocycles. The average Bonchev–Trinajstić information content (AvgIpc) is 3.14. The van der Waals surface area contributed by atoms with E-state index in [1.165, 1.54) is 6.42 Å². The van der Waals surface area contributed by atoms with Crippen molar-refractivity contribution in [1.29, 1.82) is 0 Å². The molecule has 1 heterocycles. The maximum Gasteiger partial charge on any atom is 0.319 e. The molecule has 2 N–H and O–H groups in total. The van der Waals surface area contributed by atoms with Crippen molar-refractivity contribution in [1.82, 2.24) is 10.2 Å². The Morgan fingerprint density at radius 2 is 1.92 bits per heavy atom. The molecule has 2 aromatic carbocycles. The Kier molecular flexibility index (Phi) is 6.50. The summed E-state index contributed by atoms with van der Waals surface area (Å²) in [7, 11) is 0. The summed E-state index contributed by atoms with van der Waals surface area (Å²) >= 11 is 0. The van der Waals surface area contributed by atoms with Crippen molar-refractivity contribution in [2.75, 3.05) is 25.0 Å². The summed E-state index contributed by atoms with van der Waals surface area (Å²) in [5, 5.41) is 5.90. The van der Waals surface area contributed by atoms with Gasteiger partial charge >= 0.3 is 6.03 Å². The fourth-order valence-electron chi connectivity index (χ4n) is 3.35. The van der Waals surface area contributed by atoms with Crippen molar-refractivity contribution in [3.05, 3.63) is 60.2 Å². The lowest BCUT2D eigenvalue weighted by Crippen LogP contribution is -2.41. The zero-order valence-corrected chi connectivity index (χ0v) is 15.3. The molecule has 0 saturated carbocycles. The second kappa shape index (κ2) is 9.25. The van der Waals surface area contributed by atoms with Crippen LogP contribution in [0.25, 0.3) is 0 Å². The molecular formula is C21H27N3O2. The zero-order chi connectivity index (χ0) is 18.2. The van der Waals surface area contributed by atoms with Crippen molar-refractivity contribution in [3.63, 3.8) is 0 Å². The summed E-state index contributed by atoms with van der Waals surface area (Å²) < 4.78 is 5.89. The van der Waals surface area contributed by atoms with E-state index >= 15 is 0 Å². The van der Waals surface area contributed by atoms with E-state index in [1.54, 1.807) is 0 Å². The number of para-hydroxylation sites is 2. The van der Waals surface area contributed by atoms with E-state index in [1.807, 2.05) is 54.6 Å². The van der Waals surface area contributed by atoms with Gasteiger partial charge in [0, 0.05) is 12.6 Å². The van der Waals surface area contributed by atoms with Crippen LogP contribution in [0.15, 0.2) is 54.6 Å². The highest BCUT2D eigenvalue weighted by molar-refractivity contribution is 5.90. The molecular weight excluding hydrogens is 326 g/mol. The van der Waals surface area contributed by atoms with Crippen LogP contribution in [-0.4, -0.2) is 36.6 Å². The van der Waals surface area contributed by atoms with E-state index in [2.05, 4.69) is 22.5 Å². The van der Waals surface area contributed by atoms with Crippen LogP contribution in [0.5, 0.6) is 5.75 Å². The summed E-state index contributed by atoms with van der Waals surface area (Å²) in [6, 6.07) is 17.8. The number of carbonyl (C=O) groups excluding carboxylic acids is 1. The minimum absolute atomic E-state index is 0.191. The third-order valence-electron chi connectivity index (χ3n) is 4.78. The number of hydrogen-bond donors (Lipinski definition) is 2. The highest BCUT2D eigenvalue weighted by Crippen LogP contribution is 2.24. The SMILES string of the molecule is CCN1CCCC1CNC(=O)Nc1ccccc1OCc1ccccc1. The third kappa shape index (κ3) is 4.99. The van der Waals surface area contributed by atoms with Gasteiger partial charge in [-0.1, -0.05) is 49.4 Å². The predicted molar refractivity (Wildman–Crippen MR) is 105 cm³/mol. The average molecular weight is 353 g/mol. The van der Waals surface area contributed by atoms with Crippen LogP contribution in [0.4, 0.5) is 10.5 Å². The minimum Gasteiger partial charge on any atom is -0.487 e. The van der Waals surface area contributed by atoms with Crippen molar-refractivity contribution < 1.29 is 9.53 Å². The van der Waals surface area contributed by atoms with E-state index in [0.717, 1.165) is 25.1 Å². The molecule has 138 valence electrons. The number of amides is 2. The topological polar surface area (TPSA) is 53.6 Å². The number of nitrogens with one attached hydrogen (secondary N) is 2. The lowest BCUT2D eigenvalue weighted by Gasteiger charge is -2.23. The number of benzene rings is 2. The quantitative estimate of drug-likeness (QED) is 0.794. The van der Waals surface area contributed by atoms with Crippen LogP contribution in [0, 0.1) is 0 Å². The first kappa shape index (κ1) is 18.3. The van der Waals surface area contributed by atoms with Gasteiger partial charge in [-0.25, -0.2) is 4.79 Å². The van der Waals surface area contributed by atoms with Crippen molar-refractivity contribution >= 4 is 11.7 Å². The first-order valence-corrected chi connectivity index (χ1v) is 9.31. The molecule has 1 saturated heterocycles. The Morgan fingerprint density at radius 3 is 2.73 bits per heavy atom. The van der Waals surface area contributed by atoms with Gasteiger partial charge in [0.05, 0.1) is 5.69 Å². The van der Waals surface area contributed by atoms with E-state index < -0.39 is 0 Å². The molecule has 2 amide bonds. The van der Waals surface area contributed by atoms with Crippen molar-refractivity contribution in [3.8, 4) is 5.75 Å². The van der Waals surface area contributed by atoms with Crippen LogP contribution in [0.1, 0.15) is 25.3 Å². The molecule has 1 atom stereocenters. The van der Waals surface area contributed by atoms with Gasteiger partial charge in [0.25, 0.3) is 0 Å². The van der Waals surface area contributed by atoms with E-state index in [4.69, 9.17) is 4.74 Å². The van der Waals surface area contributed by atoms with Gasteiger partial charge in [-0.2, -0.15) is 0 Å². The van der Waals surface area contributed by atoms with Crippen LogP contribution >= 0.6 is 0 Å². The van der Waals surface area contributed by atoms with Gasteiger partial charge < -0.3 is 15.4 Å². The van der Waals surface area contributed by atoms with E-state index in [9.17, 15) is 4.79 Å². The molecule has 0 radical (unpaired) electrons. The Balaban J connectivity index is 1.53. The molecule has 2 aromatic rings. The first-order valence-electron chi connectivity index (χ1n) is 9.31. The third-order valence-corrected chi connectivity index (χ3v) is 4.78. The largest absolute Gasteiger partial charge is 0.487 e. The standard InChI is InChI=1S/C21H27N3O2/c1-2-24-14-8-11-18(24)15-22-21(25)23-19-12-6-7-13-20(19)26-16-17-9-4-3-5-10-17/h3-7,9-10,12-13,18H,2,8,11,14-16H2,1H3,(H2,22,23,25). The van der Waals surface area contributed by atoms with Crippen LogP contribution in [-0.2, 0) is 6.61 Å². The number of nitrogens with zero attached hydrogens (tertiary/aromatic N) is 1. The predicted octanol–water partition coefficient (Wildman–Crippen LogP) is 3.87. The van der Waals surface area contributed by atoms with E-state index in [-0.39, 0.29) is 6.03 Å². The summed E-state index contributed by atoms with van der Waals surface area (Å²) in [5.41, 5.74) is 1.77. The molecule has 0 spiro atoms. The molecule has 5 nitrogen and oxygen atoms in total. The molecule has 1 aliphatic heterocycles. The molecule has 3 rings (SSSR count). The van der Waals surface area contributed by atoms with Gasteiger partial charge in [-0.05, 0) is 43.6 Å². The van der Waals surface area contributed by atoms with Gasteiger partial charge in [0.15, 0.2) is 0 Å². The second-order valence-electron chi connectivity index (χ2n) is 6.53. The lowest BCUT2D eigenvalue weighted by molar-refractivity contribution is 0.237. The van der Waals surface area contributed by atoms with Gasteiger partial charge in [-0.3, -0.25) is 4.90 Å². The van der Waals surface area contributed by atoms with Crippen molar-refractivity contribution in [2.24, 2.45) is 0 Å². The van der Waals surface area contributed by atoms with E-state index in [0.29, 0.717) is 30.6 Å². The molecule has 5 heteroatoms. The normalized spacial score (nSPS) is 17.0. The monoisotopic (exact) mass is 353 g/mol. The zero-order valence-electron chi connectivity index (χ0n) is 15.3. The second-order valence-corrected chi connectivity index (χ2v) is 6.53. The minimum atomic E-state index is -0.191. The number of urea groups is 1. The number of carbonyl (C=O) groups is 1. The number of anilines is 1. The smallest absolute Gasteiger partial charge is 0.319 e. The summed E-state index contributed by atoms with van der Waals surface area (Å²) in [6.45, 7) is 5.46. The lowest BCUT2D eigenvalue weighted by atomic mass is 10.2. The van der Waals surface area contributed by atoms with Gasteiger partial charge in [-0.15, -0.1) is 0 Å². The molecule has 0 aromatic heterocycles. The Labute approximate surface area is 155 Å². The van der Waals surface area contributed by atoms with Gasteiger partial charge in [0.2, 0.25) is 0 Å². The van der Waals surface area contributed by atoms with Crippen LogP contribution in [0.2, 0.25) is 0 Å². The van der Waals surface area contributed by atoms with Crippen LogP contribution in [0.3, 0.4) is 0 Å². The molecule has 26 heavy (non-hydrogen) atoms. The number of likely N-dealkylation sites (N-methyl/N-ethyl adjacent to an activating group) is 1. The fraction of sp³-hybridized carbons (Fsp3) is 0.381. The number of hydrogen-bond acceptors (Lipinski definition) is 3. The summed E-state index contributed by atoms with van der Waals surface area (Å²) in [5.74, 6) is 0.669.